The number of carbonyl (C=O) groups is 3. The van der Waals surface area contributed by atoms with Gasteiger partial charge in [0.25, 0.3) is 11.8 Å². The lowest BCUT2D eigenvalue weighted by molar-refractivity contribution is -0.126. The summed E-state index contributed by atoms with van der Waals surface area (Å²) in [5.74, 6) is 0.0503. The molecule has 1 atom stereocenters. The van der Waals surface area contributed by atoms with E-state index in [0.29, 0.717) is 17.1 Å². The van der Waals surface area contributed by atoms with E-state index < -0.39 is 23.9 Å². The number of cyclic esters (lactones) is 1. The van der Waals surface area contributed by atoms with Crippen LogP contribution in [0.25, 0.3) is 0 Å². The second-order valence-electron chi connectivity index (χ2n) is 6.06. The van der Waals surface area contributed by atoms with E-state index in [2.05, 4.69) is 5.32 Å². The van der Waals surface area contributed by atoms with E-state index >= 15 is 0 Å². The van der Waals surface area contributed by atoms with Crippen LogP contribution in [0, 0.1) is 0 Å². The number of hydrogen-bond donors (Lipinski definition) is 1. The molecule has 1 aliphatic heterocycles. The van der Waals surface area contributed by atoms with Gasteiger partial charge in [-0.25, -0.2) is 9.69 Å². The minimum Gasteiger partial charge on any atom is -0.497 e. The summed E-state index contributed by atoms with van der Waals surface area (Å²) in [5.41, 5.74) is 1.05. The Labute approximate surface area is 162 Å². The van der Waals surface area contributed by atoms with Gasteiger partial charge in [0.05, 0.1) is 32.4 Å². The molecule has 1 fully saturated rings. The first-order valence-electron chi connectivity index (χ1n) is 8.58. The summed E-state index contributed by atoms with van der Waals surface area (Å²) in [6, 6.07) is 13.3. The molecule has 1 N–H and O–H groups in total. The van der Waals surface area contributed by atoms with Crippen LogP contribution >= 0.6 is 0 Å². The van der Waals surface area contributed by atoms with E-state index in [4.69, 9.17) is 14.2 Å². The summed E-state index contributed by atoms with van der Waals surface area (Å²) < 4.78 is 15.2. The predicted molar refractivity (Wildman–Crippen MR) is 99.3 cm³/mol. The van der Waals surface area contributed by atoms with Gasteiger partial charge in [-0.1, -0.05) is 30.3 Å². The van der Waals surface area contributed by atoms with Crippen molar-refractivity contribution in [3.8, 4) is 11.5 Å². The highest BCUT2D eigenvalue weighted by molar-refractivity contribution is 5.99. The van der Waals surface area contributed by atoms with Crippen molar-refractivity contribution < 1.29 is 28.6 Å². The van der Waals surface area contributed by atoms with Crippen LogP contribution in [0.15, 0.2) is 48.5 Å². The largest absolute Gasteiger partial charge is 0.497 e. The number of amides is 3. The Balaban J connectivity index is 1.86. The summed E-state index contributed by atoms with van der Waals surface area (Å²) >= 11 is 0. The molecule has 0 saturated carbocycles. The summed E-state index contributed by atoms with van der Waals surface area (Å²) in [7, 11) is 2.98. The zero-order valence-corrected chi connectivity index (χ0v) is 15.5. The van der Waals surface area contributed by atoms with Crippen LogP contribution in [-0.2, 0) is 9.53 Å². The Morgan fingerprint density at radius 2 is 1.89 bits per heavy atom. The van der Waals surface area contributed by atoms with E-state index in [9.17, 15) is 14.4 Å². The summed E-state index contributed by atoms with van der Waals surface area (Å²) in [6.07, 6.45) is -0.720. The normalized spacial score (nSPS) is 14.4. The van der Waals surface area contributed by atoms with Crippen LogP contribution in [0.5, 0.6) is 11.5 Å². The molecular formula is C20H20N2O6. The maximum Gasteiger partial charge on any atom is 0.417 e. The van der Waals surface area contributed by atoms with Crippen LogP contribution in [0.3, 0.4) is 0 Å². The Morgan fingerprint density at radius 1 is 1.14 bits per heavy atom. The molecule has 1 saturated heterocycles. The van der Waals surface area contributed by atoms with Crippen molar-refractivity contribution in [1.82, 2.24) is 10.2 Å². The van der Waals surface area contributed by atoms with Gasteiger partial charge in [0, 0.05) is 6.07 Å². The molecule has 1 aliphatic rings. The topological polar surface area (TPSA) is 94.2 Å². The van der Waals surface area contributed by atoms with Crippen molar-refractivity contribution >= 4 is 17.9 Å². The zero-order valence-electron chi connectivity index (χ0n) is 15.5. The zero-order chi connectivity index (χ0) is 20.1. The standard InChI is InChI=1S/C20H20N2O6/c1-26-14-8-9-15(17(10-14)27-2)19(24)21-16(13-6-4-3-5-7-13)11-22-18(23)12-28-20(22)25/h3-10,16H,11-12H2,1-2H3,(H,21,24). The van der Waals surface area contributed by atoms with Crippen LogP contribution in [0.1, 0.15) is 22.0 Å². The van der Waals surface area contributed by atoms with Gasteiger partial charge in [-0.2, -0.15) is 0 Å². The Kier molecular flexibility index (Phi) is 5.78. The third-order valence-corrected chi connectivity index (χ3v) is 4.37. The minimum atomic E-state index is -0.720. The third-order valence-electron chi connectivity index (χ3n) is 4.37. The van der Waals surface area contributed by atoms with Gasteiger partial charge in [-0.05, 0) is 17.7 Å². The fraction of sp³-hybridized carbons (Fsp3) is 0.250. The Morgan fingerprint density at radius 3 is 2.50 bits per heavy atom. The maximum absolute atomic E-state index is 12.9. The number of benzene rings is 2. The first kappa shape index (κ1) is 19.2. The molecule has 2 aromatic rings. The lowest BCUT2D eigenvalue weighted by atomic mass is 10.1. The lowest BCUT2D eigenvalue weighted by Gasteiger charge is -2.23. The molecule has 146 valence electrons. The number of nitrogens with zero attached hydrogens (tertiary/aromatic N) is 1. The number of rotatable bonds is 7. The van der Waals surface area contributed by atoms with Crippen molar-refractivity contribution in [2.45, 2.75) is 6.04 Å². The van der Waals surface area contributed by atoms with Gasteiger partial charge in [0.1, 0.15) is 11.5 Å². The van der Waals surface area contributed by atoms with Crippen molar-refractivity contribution in [2.75, 3.05) is 27.4 Å². The molecule has 3 rings (SSSR count). The minimum absolute atomic E-state index is 0.0358. The molecule has 1 heterocycles. The summed E-state index contributed by atoms with van der Waals surface area (Å²) in [4.78, 5) is 37.6. The second-order valence-corrected chi connectivity index (χ2v) is 6.06. The molecule has 8 heteroatoms. The predicted octanol–water partition coefficient (Wildman–Crippen LogP) is 2.15. The van der Waals surface area contributed by atoms with E-state index in [-0.39, 0.29) is 13.2 Å². The number of hydrogen-bond acceptors (Lipinski definition) is 6. The number of imide groups is 1. The SMILES string of the molecule is COc1ccc(C(=O)NC(CN2C(=O)COC2=O)c2ccccc2)c(OC)c1. The molecule has 0 aromatic heterocycles. The summed E-state index contributed by atoms with van der Waals surface area (Å²) in [6.45, 7) is -0.327. The Hall–Kier alpha value is -3.55. The number of methoxy groups -OCH3 is 2. The monoisotopic (exact) mass is 384 g/mol. The van der Waals surface area contributed by atoms with Crippen LogP contribution in [0.2, 0.25) is 0 Å². The Bertz CT molecular complexity index is 868. The molecule has 0 radical (unpaired) electrons. The number of carbonyl (C=O) groups excluding carboxylic acids is 3. The number of nitrogens with one attached hydrogen (secondary N) is 1. The molecule has 2 aromatic carbocycles. The van der Waals surface area contributed by atoms with Crippen LogP contribution in [-0.4, -0.2) is 50.2 Å². The van der Waals surface area contributed by atoms with E-state index in [1.165, 1.54) is 14.2 Å². The fourth-order valence-electron chi connectivity index (χ4n) is 2.88. The van der Waals surface area contributed by atoms with E-state index in [1.807, 2.05) is 30.3 Å². The molecule has 0 spiro atoms. The average Bonchev–Trinajstić information content (AvgIpc) is 3.05. The highest BCUT2D eigenvalue weighted by Crippen LogP contribution is 2.26. The van der Waals surface area contributed by atoms with Gasteiger partial charge in [-0.3, -0.25) is 9.59 Å². The van der Waals surface area contributed by atoms with Crippen molar-refractivity contribution in [3.63, 3.8) is 0 Å². The first-order chi connectivity index (χ1) is 13.5. The van der Waals surface area contributed by atoms with Gasteiger partial charge in [-0.15, -0.1) is 0 Å². The highest BCUT2D eigenvalue weighted by atomic mass is 16.6. The molecule has 3 amide bonds. The molecule has 0 bridgehead atoms. The van der Waals surface area contributed by atoms with Crippen molar-refractivity contribution in [1.29, 1.82) is 0 Å². The lowest BCUT2D eigenvalue weighted by Crippen LogP contribution is -2.40. The van der Waals surface area contributed by atoms with Gasteiger partial charge < -0.3 is 19.5 Å². The second kappa shape index (κ2) is 8.43. The van der Waals surface area contributed by atoms with E-state index in [1.54, 1.807) is 18.2 Å². The van der Waals surface area contributed by atoms with Gasteiger partial charge in [0.2, 0.25) is 0 Å². The van der Waals surface area contributed by atoms with Gasteiger partial charge >= 0.3 is 6.09 Å². The molecule has 0 aliphatic carbocycles. The van der Waals surface area contributed by atoms with Crippen molar-refractivity contribution in [3.05, 3.63) is 59.7 Å². The smallest absolute Gasteiger partial charge is 0.417 e. The van der Waals surface area contributed by atoms with Gasteiger partial charge in [0.15, 0.2) is 6.61 Å². The number of ether oxygens (including phenoxy) is 3. The average molecular weight is 384 g/mol. The molecule has 1 unspecified atom stereocenters. The maximum atomic E-state index is 12.9. The highest BCUT2D eigenvalue weighted by Gasteiger charge is 2.34. The van der Waals surface area contributed by atoms with E-state index in [0.717, 1.165) is 10.5 Å². The van der Waals surface area contributed by atoms with Crippen LogP contribution < -0.4 is 14.8 Å². The third kappa shape index (κ3) is 4.06. The first-order valence-corrected chi connectivity index (χ1v) is 8.58. The van der Waals surface area contributed by atoms with Crippen LogP contribution in [0.4, 0.5) is 4.79 Å². The van der Waals surface area contributed by atoms with Crippen molar-refractivity contribution in [2.24, 2.45) is 0 Å². The summed E-state index contributed by atoms with van der Waals surface area (Å²) in [5, 5.41) is 2.87. The fourth-order valence-corrected chi connectivity index (χ4v) is 2.88. The quantitative estimate of drug-likeness (QED) is 0.786. The molecule has 8 nitrogen and oxygen atoms in total. The molecule has 28 heavy (non-hydrogen) atoms. The molecular weight excluding hydrogens is 364 g/mol.